The number of aryl methyl sites for hydroxylation is 1. The Morgan fingerprint density at radius 1 is 1.24 bits per heavy atom. The van der Waals surface area contributed by atoms with Gasteiger partial charge in [0.15, 0.2) is 5.16 Å². The molecular formula is C18H24N4O2S. The molecule has 1 atom stereocenters. The maximum atomic E-state index is 12.0. The molecule has 0 spiro atoms. The van der Waals surface area contributed by atoms with Gasteiger partial charge in [-0.25, -0.2) is 0 Å². The molecule has 2 aromatic rings. The SMILES string of the molecule is CCOC(=O)C(C)Sc1nnc(N2CCCC2)n1-c1ccc(C)cc1. The summed E-state index contributed by atoms with van der Waals surface area (Å²) in [5.74, 6) is 0.619. The number of anilines is 1. The minimum atomic E-state index is -0.334. The lowest BCUT2D eigenvalue weighted by Gasteiger charge is -2.19. The van der Waals surface area contributed by atoms with Crippen LogP contribution in [-0.4, -0.2) is 45.7 Å². The third-order valence-electron chi connectivity index (χ3n) is 4.20. The lowest BCUT2D eigenvalue weighted by Crippen LogP contribution is -2.22. The first-order valence-corrected chi connectivity index (χ1v) is 9.58. The Labute approximate surface area is 152 Å². The average molecular weight is 360 g/mol. The summed E-state index contributed by atoms with van der Waals surface area (Å²) in [6.07, 6.45) is 2.34. The van der Waals surface area contributed by atoms with Gasteiger partial charge in [-0.1, -0.05) is 29.5 Å². The highest BCUT2D eigenvalue weighted by Gasteiger charge is 2.25. The Hall–Kier alpha value is -2.02. The van der Waals surface area contributed by atoms with Crippen LogP contribution in [0.4, 0.5) is 5.95 Å². The number of carbonyl (C=O) groups is 1. The number of carbonyl (C=O) groups excluding carboxylic acids is 1. The Balaban J connectivity index is 1.94. The van der Waals surface area contributed by atoms with E-state index >= 15 is 0 Å². The first-order chi connectivity index (χ1) is 12.1. The van der Waals surface area contributed by atoms with Crippen LogP contribution in [0.5, 0.6) is 0 Å². The van der Waals surface area contributed by atoms with E-state index in [2.05, 4.69) is 46.3 Å². The Kier molecular flexibility index (Phi) is 5.63. The quantitative estimate of drug-likeness (QED) is 0.582. The van der Waals surface area contributed by atoms with E-state index in [0.717, 1.165) is 24.7 Å². The monoisotopic (exact) mass is 360 g/mol. The minimum Gasteiger partial charge on any atom is -0.465 e. The zero-order chi connectivity index (χ0) is 17.8. The number of ether oxygens (including phenoxy) is 1. The van der Waals surface area contributed by atoms with Crippen molar-refractivity contribution in [3.8, 4) is 5.69 Å². The van der Waals surface area contributed by atoms with Crippen molar-refractivity contribution in [3.63, 3.8) is 0 Å². The van der Waals surface area contributed by atoms with Gasteiger partial charge in [0.25, 0.3) is 0 Å². The fourth-order valence-corrected chi connectivity index (χ4v) is 3.71. The predicted molar refractivity (Wildman–Crippen MR) is 99.5 cm³/mol. The van der Waals surface area contributed by atoms with E-state index in [-0.39, 0.29) is 11.2 Å². The van der Waals surface area contributed by atoms with E-state index in [1.807, 2.05) is 18.4 Å². The lowest BCUT2D eigenvalue weighted by atomic mass is 10.2. The molecule has 2 heterocycles. The van der Waals surface area contributed by atoms with Gasteiger partial charge in [0.05, 0.1) is 12.3 Å². The van der Waals surface area contributed by atoms with E-state index < -0.39 is 0 Å². The second-order valence-electron chi connectivity index (χ2n) is 6.16. The fraction of sp³-hybridized carbons (Fsp3) is 0.500. The van der Waals surface area contributed by atoms with Crippen molar-refractivity contribution in [1.82, 2.24) is 14.8 Å². The first-order valence-electron chi connectivity index (χ1n) is 8.71. The van der Waals surface area contributed by atoms with Crippen molar-refractivity contribution < 1.29 is 9.53 Å². The van der Waals surface area contributed by atoms with Crippen LogP contribution in [0.15, 0.2) is 29.4 Å². The molecule has 0 bridgehead atoms. The molecule has 7 heteroatoms. The first kappa shape index (κ1) is 17.8. The summed E-state index contributed by atoms with van der Waals surface area (Å²) in [6, 6.07) is 8.29. The number of hydrogen-bond acceptors (Lipinski definition) is 6. The second kappa shape index (κ2) is 7.91. The molecule has 1 aromatic carbocycles. The average Bonchev–Trinajstić information content (AvgIpc) is 3.25. The van der Waals surface area contributed by atoms with Gasteiger partial charge in [0, 0.05) is 13.1 Å². The highest BCUT2D eigenvalue weighted by molar-refractivity contribution is 8.00. The summed E-state index contributed by atoms with van der Waals surface area (Å²) in [5.41, 5.74) is 2.21. The number of aromatic nitrogens is 3. The number of rotatable bonds is 6. The third-order valence-corrected chi connectivity index (χ3v) is 5.22. The van der Waals surface area contributed by atoms with Crippen LogP contribution in [-0.2, 0) is 9.53 Å². The summed E-state index contributed by atoms with van der Waals surface area (Å²) >= 11 is 1.39. The van der Waals surface area contributed by atoms with Crippen molar-refractivity contribution in [2.45, 2.75) is 44.0 Å². The normalized spacial score (nSPS) is 15.4. The van der Waals surface area contributed by atoms with Crippen molar-refractivity contribution in [3.05, 3.63) is 29.8 Å². The van der Waals surface area contributed by atoms with Gasteiger partial charge in [-0.05, 0) is 45.7 Å². The van der Waals surface area contributed by atoms with Gasteiger partial charge in [-0.3, -0.25) is 9.36 Å². The summed E-state index contributed by atoms with van der Waals surface area (Å²) in [5, 5.41) is 9.17. The van der Waals surface area contributed by atoms with Crippen molar-refractivity contribution in [2.75, 3.05) is 24.6 Å². The van der Waals surface area contributed by atoms with Crippen LogP contribution >= 0.6 is 11.8 Å². The third kappa shape index (κ3) is 3.98. The summed E-state index contributed by atoms with van der Waals surface area (Å²) in [4.78, 5) is 14.2. The van der Waals surface area contributed by atoms with Crippen LogP contribution in [0, 0.1) is 6.92 Å². The van der Waals surface area contributed by atoms with E-state index in [9.17, 15) is 4.79 Å². The molecular weight excluding hydrogens is 336 g/mol. The zero-order valence-corrected chi connectivity index (χ0v) is 15.8. The van der Waals surface area contributed by atoms with Crippen LogP contribution in [0.3, 0.4) is 0 Å². The molecule has 1 aromatic heterocycles. The Morgan fingerprint density at radius 2 is 1.92 bits per heavy atom. The summed E-state index contributed by atoms with van der Waals surface area (Å²) in [6.45, 7) is 8.08. The van der Waals surface area contributed by atoms with Gasteiger partial charge in [0.2, 0.25) is 5.95 Å². The number of nitrogens with zero attached hydrogens (tertiary/aromatic N) is 4. The van der Waals surface area contributed by atoms with Crippen molar-refractivity contribution in [2.24, 2.45) is 0 Å². The van der Waals surface area contributed by atoms with E-state index in [0.29, 0.717) is 11.8 Å². The fourth-order valence-electron chi connectivity index (χ4n) is 2.85. The molecule has 6 nitrogen and oxygen atoms in total. The van der Waals surface area contributed by atoms with Crippen LogP contribution in [0.2, 0.25) is 0 Å². The maximum Gasteiger partial charge on any atom is 0.319 e. The summed E-state index contributed by atoms with van der Waals surface area (Å²) < 4.78 is 7.16. The van der Waals surface area contributed by atoms with Gasteiger partial charge in [-0.2, -0.15) is 0 Å². The van der Waals surface area contributed by atoms with Crippen LogP contribution in [0.1, 0.15) is 32.3 Å². The lowest BCUT2D eigenvalue weighted by molar-refractivity contribution is -0.142. The van der Waals surface area contributed by atoms with E-state index in [1.54, 1.807) is 0 Å². The van der Waals surface area contributed by atoms with Gasteiger partial charge >= 0.3 is 5.97 Å². The van der Waals surface area contributed by atoms with Gasteiger partial charge in [-0.15, -0.1) is 10.2 Å². The molecule has 1 fully saturated rings. The van der Waals surface area contributed by atoms with Crippen LogP contribution < -0.4 is 4.90 Å². The topological polar surface area (TPSA) is 60.2 Å². The molecule has 1 saturated heterocycles. The zero-order valence-electron chi connectivity index (χ0n) is 14.9. The predicted octanol–water partition coefficient (Wildman–Crippen LogP) is 3.22. The van der Waals surface area contributed by atoms with Gasteiger partial charge < -0.3 is 9.64 Å². The highest BCUT2D eigenvalue weighted by atomic mass is 32.2. The summed E-state index contributed by atoms with van der Waals surface area (Å²) in [7, 11) is 0. The number of thioether (sulfide) groups is 1. The number of hydrogen-bond donors (Lipinski definition) is 0. The molecule has 134 valence electrons. The number of esters is 1. The van der Waals surface area contributed by atoms with Gasteiger partial charge in [0.1, 0.15) is 5.25 Å². The van der Waals surface area contributed by atoms with Crippen molar-refractivity contribution >= 4 is 23.7 Å². The number of benzene rings is 1. The standard InChI is InChI=1S/C18H24N4O2S/c1-4-24-16(23)14(3)25-18-20-19-17(21-11-5-6-12-21)22(18)15-9-7-13(2)8-10-15/h7-10,14H,4-6,11-12H2,1-3H3. The largest absolute Gasteiger partial charge is 0.465 e. The van der Waals surface area contributed by atoms with E-state index in [1.165, 1.54) is 30.2 Å². The second-order valence-corrected chi connectivity index (χ2v) is 7.47. The Bertz CT molecular complexity index is 723. The van der Waals surface area contributed by atoms with Crippen LogP contribution in [0.25, 0.3) is 5.69 Å². The minimum absolute atomic E-state index is 0.228. The Morgan fingerprint density at radius 3 is 2.56 bits per heavy atom. The van der Waals surface area contributed by atoms with E-state index in [4.69, 9.17) is 4.74 Å². The molecule has 0 radical (unpaired) electrons. The maximum absolute atomic E-state index is 12.0. The smallest absolute Gasteiger partial charge is 0.319 e. The molecule has 1 unspecified atom stereocenters. The molecule has 1 aliphatic heterocycles. The molecule has 0 aliphatic carbocycles. The molecule has 0 amide bonds. The molecule has 0 saturated carbocycles. The molecule has 25 heavy (non-hydrogen) atoms. The molecule has 1 aliphatic rings. The molecule has 3 rings (SSSR count). The van der Waals surface area contributed by atoms with Crippen molar-refractivity contribution in [1.29, 1.82) is 0 Å². The molecule has 0 N–H and O–H groups in total. The highest BCUT2D eigenvalue weighted by Crippen LogP contribution is 2.31.